The quantitative estimate of drug-likeness (QED) is 0.0621. The van der Waals surface area contributed by atoms with Gasteiger partial charge in [0.15, 0.2) is 5.60 Å². The second-order valence-corrected chi connectivity index (χ2v) is 20.3. The number of aliphatic hydroxyl groups excluding tert-OH is 1. The van der Waals surface area contributed by atoms with Gasteiger partial charge >= 0.3 is 5.97 Å². The molecule has 2 saturated heterocycles. The van der Waals surface area contributed by atoms with E-state index >= 15 is 4.79 Å². The van der Waals surface area contributed by atoms with Crippen molar-refractivity contribution in [2.75, 3.05) is 119 Å². The minimum Gasteiger partial charge on any atom is -0.496 e. The molecular weight excluding hydrogens is 869 g/mol. The van der Waals surface area contributed by atoms with Crippen molar-refractivity contribution >= 4 is 28.5 Å². The molecule has 9 rings (SSSR count). The topological polar surface area (TPSA) is 191 Å². The summed E-state index contributed by atoms with van der Waals surface area (Å²) in [6.45, 7) is 10.7. The Hall–Kier alpha value is -4.10. The summed E-state index contributed by atoms with van der Waals surface area (Å²) in [5.74, 6) is -0.733. The Morgan fingerprint density at radius 1 is 0.912 bits per heavy atom. The van der Waals surface area contributed by atoms with Crippen LogP contribution >= 0.6 is 0 Å². The fraction of sp³-hybridized carbons (Fsp3) is 0.654. The lowest BCUT2D eigenvalue weighted by atomic mass is 9.47. The number of aliphatic hydroxyl groups is 3. The Morgan fingerprint density at radius 3 is 2.35 bits per heavy atom. The number of aromatic nitrogens is 1. The Kier molecular flexibility index (Phi) is 13.8. The molecule has 16 nitrogen and oxygen atoms in total. The fourth-order valence-corrected chi connectivity index (χ4v) is 14.1. The van der Waals surface area contributed by atoms with Crippen LogP contribution in [0.1, 0.15) is 68.3 Å². The average Bonchev–Trinajstić information content (AvgIpc) is 4.01. The maximum Gasteiger partial charge on any atom is 0.322 e. The van der Waals surface area contributed by atoms with E-state index in [1.54, 1.807) is 7.11 Å². The lowest BCUT2D eigenvalue weighted by molar-refractivity contribution is -0.203. The molecule has 3 fully saturated rings. The number of esters is 1. The van der Waals surface area contributed by atoms with Crippen LogP contribution in [-0.2, 0) is 45.8 Å². The summed E-state index contributed by atoms with van der Waals surface area (Å²) in [5, 5.41) is 45.4. The van der Waals surface area contributed by atoms with E-state index in [1.165, 1.54) is 7.11 Å². The number of piperidine rings is 1. The first-order chi connectivity index (χ1) is 32.8. The van der Waals surface area contributed by atoms with E-state index in [-0.39, 0.29) is 25.1 Å². The molecule has 1 saturated carbocycles. The first-order valence-electron chi connectivity index (χ1n) is 24.9. The number of amides is 1. The van der Waals surface area contributed by atoms with Gasteiger partial charge in [0.25, 0.3) is 5.91 Å². The Balaban J connectivity index is 1.14. The first-order valence-corrected chi connectivity index (χ1v) is 24.9. The number of carbonyl (C=O) groups is 2. The zero-order valence-corrected chi connectivity index (χ0v) is 40.9. The van der Waals surface area contributed by atoms with Crippen LogP contribution in [-0.4, -0.2) is 185 Å². The van der Waals surface area contributed by atoms with E-state index in [0.29, 0.717) is 116 Å². The van der Waals surface area contributed by atoms with E-state index in [9.17, 15) is 20.1 Å². The van der Waals surface area contributed by atoms with Crippen molar-refractivity contribution in [2.45, 2.75) is 92.6 Å². The third kappa shape index (κ3) is 7.59. The second kappa shape index (κ2) is 19.2. The lowest BCUT2D eigenvalue weighted by Crippen LogP contribution is -2.81. The van der Waals surface area contributed by atoms with Gasteiger partial charge in [-0.1, -0.05) is 44.2 Å². The number of ether oxygens (including phenoxy) is 5. The maximum atomic E-state index is 15.4. The Morgan fingerprint density at radius 2 is 1.65 bits per heavy atom. The van der Waals surface area contributed by atoms with Gasteiger partial charge in [0, 0.05) is 97.1 Å². The number of H-pyrrole nitrogens is 1. The van der Waals surface area contributed by atoms with Crippen molar-refractivity contribution in [1.29, 1.82) is 0 Å². The number of hydrogen-bond donors (Lipinski definition) is 6. The highest BCUT2D eigenvalue weighted by molar-refractivity contribution is 5.95. The predicted octanol–water partition coefficient (Wildman–Crippen LogP) is 2.63. The molecule has 0 radical (unpaired) electrons. The molecule has 372 valence electrons. The van der Waals surface area contributed by atoms with Crippen LogP contribution in [0.2, 0.25) is 0 Å². The maximum absolute atomic E-state index is 15.4. The zero-order chi connectivity index (χ0) is 48.1. The summed E-state index contributed by atoms with van der Waals surface area (Å²) < 4.78 is 29.4. The summed E-state index contributed by atoms with van der Waals surface area (Å²) >= 11 is 0. The van der Waals surface area contributed by atoms with Crippen LogP contribution in [0, 0.1) is 11.3 Å². The molecule has 3 aromatic rings. The van der Waals surface area contributed by atoms with Crippen molar-refractivity contribution < 1.29 is 48.6 Å². The number of fused-ring (bicyclic) bond motifs is 6. The SMILES string of the molecule is CC[C@]1(O)CC2CN(CCc3c([nH]c4ccccc34)[C@@](C(=O)OC)(c3cc4c(cc3OC)N(C)[C@@H]3C45CCN4CC=C[C@](CC)([C@H]45)[C@@H](O)[C@]3(O)C(=O)NCCOCCOCCOCCNC)C2)C1. The molecule has 68 heavy (non-hydrogen) atoms. The van der Waals surface area contributed by atoms with Crippen LogP contribution in [0.3, 0.4) is 0 Å². The highest BCUT2D eigenvalue weighted by Gasteiger charge is 2.78. The Labute approximate surface area is 400 Å². The average molecular weight is 943 g/mol. The van der Waals surface area contributed by atoms with E-state index < -0.39 is 51.5 Å². The van der Waals surface area contributed by atoms with Crippen LogP contribution in [0.4, 0.5) is 5.69 Å². The van der Waals surface area contributed by atoms with E-state index in [2.05, 4.69) is 43.6 Å². The van der Waals surface area contributed by atoms with Gasteiger partial charge in [-0.05, 0) is 81.3 Å². The first kappa shape index (κ1) is 48.9. The molecular formula is C52H74N6O10. The van der Waals surface area contributed by atoms with Gasteiger partial charge in [-0.2, -0.15) is 0 Å². The van der Waals surface area contributed by atoms with Gasteiger partial charge < -0.3 is 59.5 Å². The number of nitrogens with zero attached hydrogens (tertiary/aromatic N) is 3. The fourth-order valence-electron chi connectivity index (χ4n) is 14.1. The molecule has 1 spiro atoms. The van der Waals surface area contributed by atoms with E-state index in [1.807, 2.05) is 63.2 Å². The minimum atomic E-state index is -2.29. The van der Waals surface area contributed by atoms with Gasteiger partial charge in [0.2, 0.25) is 0 Å². The number of benzene rings is 2. The number of anilines is 1. The number of rotatable bonds is 18. The number of methoxy groups -OCH3 is 2. The molecule has 1 aromatic heterocycles. The summed E-state index contributed by atoms with van der Waals surface area (Å²) in [7, 11) is 6.83. The van der Waals surface area contributed by atoms with E-state index in [4.69, 9.17) is 23.7 Å². The number of hydrogen-bond acceptors (Lipinski definition) is 14. The molecule has 6 aliphatic rings. The molecule has 2 bridgehead atoms. The van der Waals surface area contributed by atoms with Crippen molar-refractivity contribution in [3.63, 3.8) is 0 Å². The molecule has 5 aliphatic heterocycles. The van der Waals surface area contributed by atoms with E-state index in [0.717, 1.165) is 40.0 Å². The van der Waals surface area contributed by atoms with Gasteiger partial charge in [0.1, 0.15) is 17.3 Å². The molecule has 6 heterocycles. The molecule has 1 aliphatic carbocycles. The lowest BCUT2D eigenvalue weighted by Gasteiger charge is -2.63. The highest BCUT2D eigenvalue weighted by Crippen LogP contribution is 2.67. The van der Waals surface area contributed by atoms with Gasteiger partial charge in [-0.3, -0.25) is 19.4 Å². The number of likely N-dealkylation sites (N-methyl/N-ethyl adjacent to an activating group) is 2. The number of para-hydroxylation sites is 1. The summed E-state index contributed by atoms with van der Waals surface area (Å²) in [4.78, 5) is 40.9. The predicted molar refractivity (Wildman–Crippen MR) is 258 cm³/mol. The van der Waals surface area contributed by atoms with Crippen molar-refractivity contribution in [2.24, 2.45) is 11.3 Å². The van der Waals surface area contributed by atoms with Crippen molar-refractivity contribution in [3.8, 4) is 5.75 Å². The van der Waals surface area contributed by atoms with Gasteiger partial charge in [-0.15, -0.1) is 0 Å². The van der Waals surface area contributed by atoms with Crippen molar-refractivity contribution in [1.82, 2.24) is 25.4 Å². The minimum absolute atomic E-state index is 0.0992. The molecule has 3 unspecified atom stereocenters. The molecule has 6 N–H and O–H groups in total. The van der Waals surface area contributed by atoms with Crippen LogP contribution in [0.25, 0.3) is 10.9 Å². The van der Waals surface area contributed by atoms with Gasteiger partial charge in [0.05, 0.1) is 65.5 Å². The number of nitrogens with one attached hydrogen (secondary N) is 3. The smallest absolute Gasteiger partial charge is 0.322 e. The number of aromatic amines is 1. The largest absolute Gasteiger partial charge is 0.496 e. The second-order valence-electron chi connectivity index (χ2n) is 20.3. The third-order valence-corrected chi connectivity index (χ3v) is 17.0. The molecule has 16 heteroatoms. The normalized spacial score (nSPS) is 33.8. The van der Waals surface area contributed by atoms with Gasteiger partial charge in [-0.25, -0.2) is 0 Å². The summed E-state index contributed by atoms with van der Waals surface area (Å²) in [6.07, 6.45) is 5.77. The molecule has 1 amide bonds. The third-order valence-electron chi connectivity index (χ3n) is 17.0. The molecule has 10 atom stereocenters. The number of carbonyl (C=O) groups excluding carboxylic acids is 2. The standard InChI is InChI=1S/C52H74N6O10/c1-7-48(62)30-34-31-51(47(61)65-6,42-36(14-20-57(32-34)33-48)35-12-9-10-13-39(35)55-42)38-28-37-40(29-41(38)64-5)56(4)44-50(37)16-21-58-19-11-15-49(8-2,43(50)58)45(59)52(44,63)46(60)54-18-23-67-25-27-68-26-24-66-22-17-53-3/h9-13,15,28-29,34,43-45,53,55,59,62-63H,7-8,14,16-27,30-33H2,1-6H3,(H,54,60)/t34?,43-,44+,45+,48-,49+,50?,51-,52-/m0/s1. The van der Waals surface area contributed by atoms with Crippen LogP contribution < -0.4 is 20.3 Å². The summed E-state index contributed by atoms with van der Waals surface area (Å²) in [6, 6.07) is 11.1. The van der Waals surface area contributed by atoms with Crippen LogP contribution in [0.5, 0.6) is 5.75 Å². The highest BCUT2D eigenvalue weighted by atomic mass is 16.5. The van der Waals surface area contributed by atoms with Crippen molar-refractivity contribution in [3.05, 3.63) is 70.9 Å². The summed E-state index contributed by atoms with van der Waals surface area (Å²) in [5.41, 5.74) is -1.57. The zero-order valence-electron chi connectivity index (χ0n) is 40.9. The molecule has 2 aromatic carbocycles. The monoisotopic (exact) mass is 943 g/mol. The Bertz CT molecular complexity index is 2360. The van der Waals surface area contributed by atoms with Crippen LogP contribution in [0.15, 0.2) is 48.6 Å².